The largest absolute Gasteiger partial charge is 0.444 e. The molecule has 0 saturated carbocycles. The number of hydrogen-bond donors (Lipinski definition) is 0. The first kappa shape index (κ1) is 29.6. The van der Waals surface area contributed by atoms with Crippen molar-refractivity contribution in [2.45, 2.75) is 51.3 Å². The van der Waals surface area contributed by atoms with Gasteiger partial charge < -0.3 is 9.64 Å². The van der Waals surface area contributed by atoms with Crippen LogP contribution in [0.2, 0.25) is 0 Å². The van der Waals surface area contributed by atoms with Crippen molar-refractivity contribution in [3.8, 4) is 0 Å². The highest BCUT2D eigenvalue weighted by molar-refractivity contribution is 7.88. The number of benzene rings is 3. The van der Waals surface area contributed by atoms with Crippen LogP contribution in [0.15, 0.2) is 72.8 Å². The highest BCUT2D eigenvalue weighted by Crippen LogP contribution is 2.23. The summed E-state index contributed by atoms with van der Waals surface area (Å²) in [6, 6.07) is 22.5. The Kier molecular flexibility index (Phi) is 8.85. The van der Waals surface area contributed by atoms with Crippen LogP contribution >= 0.6 is 0 Å². The van der Waals surface area contributed by atoms with Crippen LogP contribution in [0.4, 0.5) is 4.79 Å². The predicted octanol–water partition coefficient (Wildman–Crippen LogP) is 4.33. The highest BCUT2D eigenvalue weighted by Gasteiger charge is 2.39. The minimum absolute atomic E-state index is 0.193. The molecule has 1 aliphatic rings. The molecule has 8 nitrogen and oxygen atoms in total. The van der Waals surface area contributed by atoms with Crippen LogP contribution in [0.5, 0.6) is 0 Å². The summed E-state index contributed by atoms with van der Waals surface area (Å²) >= 11 is 0. The minimum Gasteiger partial charge on any atom is -0.444 e. The topological polar surface area (TPSA) is 87.2 Å². The van der Waals surface area contributed by atoms with Crippen LogP contribution in [0, 0.1) is 0 Å². The lowest BCUT2D eigenvalue weighted by molar-refractivity contribution is -0.140. The molecule has 0 aliphatic carbocycles. The lowest BCUT2D eigenvalue weighted by Gasteiger charge is -2.43. The molecular formula is C31H39N3O5S. The summed E-state index contributed by atoms with van der Waals surface area (Å²) in [6.07, 6.45) is 1.41. The smallest absolute Gasteiger partial charge is 0.410 e. The number of carbonyl (C=O) groups is 2. The Morgan fingerprint density at radius 2 is 1.60 bits per heavy atom. The van der Waals surface area contributed by atoms with Crippen LogP contribution in [-0.4, -0.2) is 85.1 Å². The van der Waals surface area contributed by atoms with Gasteiger partial charge in [-0.25, -0.2) is 13.2 Å². The molecule has 214 valence electrons. The first-order chi connectivity index (χ1) is 18.8. The fraction of sp³-hybridized carbons (Fsp3) is 0.419. The second kappa shape index (κ2) is 12.0. The number of amides is 2. The summed E-state index contributed by atoms with van der Waals surface area (Å²) in [5.41, 5.74) is 1.20. The predicted molar refractivity (Wildman–Crippen MR) is 158 cm³/mol. The second-order valence-electron chi connectivity index (χ2n) is 11.5. The average molecular weight is 566 g/mol. The Balaban J connectivity index is 1.67. The maximum absolute atomic E-state index is 14.3. The third-order valence-corrected chi connectivity index (χ3v) is 8.46. The van der Waals surface area contributed by atoms with E-state index in [9.17, 15) is 18.0 Å². The molecule has 2 amide bonds. The van der Waals surface area contributed by atoms with Gasteiger partial charge in [-0.2, -0.15) is 4.31 Å². The molecule has 1 unspecified atom stereocenters. The molecule has 0 aromatic heterocycles. The Morgan fingerprint density at radius 1 is 0.950 bits per heavy atom. The van der Waals surface area contributed by atoms with Gasteiger partial charge in [0.1, 0.15) is 11.6 Å². The summed E-state index contributed by atoms with van der Waals surface area (Å²) in [7, 11) is -1.84. The van der Waals surface area contributed by atoms with E-state index in [1.54, 1.807) is 32.7 Å². The Morgan fingerprint density at radius 3 is 2.25 bits per heavy atom. The zero-order valence-electron chi connectivity index (χ0n) is 23.9. The van der Waals surface area contributed by atoms with Gasteiger partial charge in [0, 0.05) is 39.1 Å². The van der Waals surface area contributed by atoms with Crippen LogP contribution in [0.25, 0.3) is 10.8 Å². The third-order valence-electron chi connectivity index (χ3n) is 7.19. The van der Waals surface area contributed by atoms with E-state index in [1.807, 2.05) is 72.8 Å². The molecule has 2 atom stereocenters. The molecule has 0 N–H and O–H groups in total. The van der Waals surface area contributed by atoms with Crippen molar-refractivity contribution in [3.63, 3.8) is 0 Å². The normalized spacial score (nSPS) is 17.4. The van der Waals surface area contributed by atoms with Gasteiger partial charge in [0.05, 0.1) is 6.26 Å². The van der Waals surface area contributed by atoms with Crippen LogP contribution in [0.1, 0.15) is 31.9 Å². The summed E-state index contributed by atoms with van der Waals surface area (Å²) in [4.78, 5) is 30.7. The Labute approximate surface area is 237 Å². The van der Waals surface area contributed by atoms with Crippen molar-refractivity contribution in [1.82, 2.24) is 14.1 Å². The molecule has 0 bridgehead atoms. The number of piperazine rings is 1. The molecule has 3 aromatic carbocycles. The average Bonchev–Trinajstić information content (AvgIpc) is 2.90. The van der Waals surface area contributed by atoms with Gasteiger partial charge in [-0.05, 0) is 49.1 Å². The number of fused-ring (bicyclic) bond motifs is 1. The lowest BCUT2D eigenvalue weighted by atomic mass is 9.98. The number of nitrogens with zero attached hydrogens (tertiary/aromatic N) is 3. The van der Waals surface area contributed by atoms with Crippen molar-refractivity contribution in [2.75, 3.05) is 32.9 Å². The van der Waals surface area contributed by atoms with E-state index in [0.29, 0.717) is 12.8 Å². The summed E-state index contributed by atoms with van der Waals surface area (Å²) in [5, 5.41) is 2.14. The van der Waals surface area contributed by atoms with Crippen molar-refractivity contribution in [3.05, 3.63) is 83.9 Å². The molecule has 1 fully saturated rings. The minimum atomic E-state index is -3.43. The number of sulfonamides is 1. The van der Waals surface area contributed by atoms with E-state index in [2.05, 4.69) is 0 Å². The molecular weight excluding hydrogens is 526 g/mol. The number of hydrogen-bond acceptors (Lipinski definition) is 5. The summed E-state index contributed by atoms with van der Waals surface area (Å²) < 4.78 is 31.9. The molecule has 1 saturated heterocycles. The van der Waals surface area contributed by atoms with Gasteiger partial charge in [0.15, 0.2) is 0 Å². The quantitative estimate of drug-likeness (QED) is 0.426. The molecule has 9 heteroatoms. The molecule has 0 spiro atoms. The molecule has 40 heavy (non-hydrogen) atoms. The second-order valence-corrected chi connectivity index (χ2v) is 13.5. The van der Waals surface area contributed by atoms with Gasteiger partial charge in [-0.15, -0.1) is 0 Å². The molecule has 3 aromatic rings. The zero-order valence-corrected chi connectivity index (χ0v) is 24.7. The Hall–Kier alpha value is -3.43. The SMILES string of the molecule is CN(C(=O)OC(C)(C)C)C(Cc1ccc2ccccc2c1)C(=O)N1CCN(S(C)(=O)=O)C[C@H]1Cc1ccccc1. The van der Waals surface area contributed by atoms with E-state index < -0.39 is 27.8 Å². The fourth-order valence-electron chi connectivity index (χ4n) is 5.11. The van der Waals surface area contributed by atoms with Gasteiger partial charge >= 0.3 is 6.09 Å². The fourth-order valence-corrected chi connectivity index (χ4v) is 5.97. The van der Waals surface area contributed by atoms with Crippen LogP contribution in [-0.2, 0) is 32.4 Å². The van der Waals surface area contributed by atoms with Crippen molar-refractivity contribution < 1.29 is 22.7 Å². The van der Waals surface area contributed by atoms with Gasteiger partial charge in [0.2, 0.25) is 15.9 Å². The number of rotatable bonds is 7. The standard InChI is InChI=1S/C31H39N3O5S/c1-31(2,3)39-30(36)32(4)28(21-24-15-16-25-13-9-10-14-26(25)19-24)29(35)34-18-17-33(40(5,37)38)22-27(34)20-23-11-7-6-8-12-23/h6-16,19,27-28H,17-18,20-22H2,1-5H3/t27-,28?/m1/s1. The van der Waals surface area contributed by atoms with E-state index in [4.69, 9.17) is 4.74 Å². The maximum atomic E-state index is 14.3. The molecule has 0 radical (unpaired) electrons. The van der Waals surface area contributed by atoms with Crippen molar-refractivity contribution >= 4 is 32.8 Å². The number of ether oxygens (including phenoxy) is 1. The summed E-state index contributed by atoms with van der Waals surface area (Å²) in [6.45, 7) is 6.00. The number of carbonyl (C=O) groups excluding carboxylic acids is 2. The first-order valence-corrected chi connectivity index (χ1v) is 15.4. The van der Waals surface area contributed by atoms with Gasteiger partial charge in [-0.3, -0.25) is 9.69 Å². The summed E-state index contributed by atoms with van der Waals surface area (Å²) in [5.74, 6) is -0.226. The van der Waals surface area contributed by atoms with Gasteiger partial charge in [0.25, 0.3) is 0 Å². The van der Waals surface area contributed by atoms with Crippen molar-refractivity contribution in [2.24, 2.45) is 0 Å². The van der Waals surface area contributed by atoms with E-state index in [0.717, 1.165) is 21.9 Å². The first-order valence-electron chi connectivity index (χ1n) is 13.5. The van der Waals surface area contributed by atoms with E-state index in [1.165, 1.54) is 15.5 Å². The van der Waals surface area contributed by atoms with Crippen LogP contribution < -0.4 is 0 Å². The molecule has 4 rings (SSSR count). The number of likely N-dealkylation sites (N-methyl/N-ethyl adjacent to an activating group) is 1. The maximum Gasteiger partial charge on any atom is 0.410 e. The monoisotopic (exact) mass is 565 g/mol. The van der Waals surface area contributed by atoms with Crippen molar-refractivity contribution in [1.29, 1.82) is 0 Å². The molecule has 1 aliphatic heterocycles. The van der Waals surface area contributed by atoms with Crippen LogP contribution in [0.3, 0.4) is 0 Å². The zero-order chi connectivity index (χ0) is 29.1. The van der Waals surface area contributed by atoms with Gasteiger partial charge in [-0.1, -0.05) is 72.8 Å². The Bertz CT molecular complexity index is 1450. The third kappa shape index (κ3) is 7.40. The highest BCUT2D eigenvalue weighted by atomic mass is 32.2. The van der Waals surface area contributed by atoms with E-state index in [-0.39, 0.29) is 31.6 Å². The van der Waals surface area contributed by atoms with E-state index >= 15 is 0 Å². The lowest BCUT2D eigenvalue weighted by Crippen LogP contribution is -2.61. The molecule has 1 heterocycles.